The van der Waals surface area contributed by atoms with Crippen LogP contribution in [-0.4, -0.2) is 38.7 Å². The number of nitrogens with one attached hydrogen (secondary N) is 2. The van der Waals surface area contributed by atoms with E-state index in [9.17, 15) is 4.79 Å². The van der Waals surface area contributed by atoms with Gasteiger partial charge in [0.1, 0.15) is 5.75 Å². The SMILES string of the molecule is COc1cccc(C(CNC(=O)Nc2ccc(Cl)c(Cl)c2)N(C)C)c1. The Morgan fingerprint density at radius 1 is 1.16 bits per heavy atom. The third-order valence-electron chi connectivity index (χ3n) is 3.74. The van der Waals surface area contributed by atoms with Crippen LogP contribution in [0.5, 0.6) is 5.75 Å². The number of urea groups is 1. The summed E-state index contributed by atoms with van der Waals surface area (Å²) >= 11 is 11.8. The fourth-order valence-corrected chi connectivity index (χ4v) is 2.68. The van der Waals surface area contributed by atoms with Crippen molar-refractivity contribution in [1.82, 2.24) is 10.2 Å². The fraction of sp³-hybridized carbons (Fsp3) is 0.278. The van der Waals surface area contributed by atoms with Gasteiger partial charge in [0.25, 0.3) is 0 Å². The molecule has 2 N–H and O–H groups in total. The Labute approximate surface area is 157 Å². The lowest BCUT2D eigenvalue weighted by molar-refractivity contribution is 0.243. The monoisotopic (exact) mass is 381 g/mol. The number of likely N-dealkylation sites (N-methyl/N-ethyl adjacent to an activating group) is 1. The molecule has 2 rings (SSSR count). The van der Waals surface area contributed by atoms with Gasteiger partial charge in [-0.2, -0.15) is 0 Å². The van der Waals surface area contributed by atoms with Crippen molar-refractivity contribution in [2.45, 2.75) is 6.04 Å². The quantitative estimate of drug-likeness (QED) is 0.777. The number of carbonyl (C=O) groups excluding carboxylic acids is 1. The molecule has 0 heterocycles. The number of hydrogen-bond acceptors (Lipinski definition) is 3. The first kappa shape index (κ1) is 19.4. The zero-order valence-electron chi connectivity index (χ0n) is 14.3. The summed E-state index contributed by atoms with van der Waals surface area (Å²) in [7, 11) is 5.55. The van der Waals surface area contributed by atoms with Gasteiger partial charge in [-0.3, -0.25) is 0 Å². The second-order valence-corrected chi connectivity index (χ2v) is 6.53. The third-order valence-corrected chi connectivity index (χ3v) is 4.47. The number of ether oxygens (including phenoxy) is 1. The second kappa shape index (κ2) is 8.94. The maximum absolute atomic E-state index is 12.1. The van der Waals surface area contributed by atoms with Crippen molar-refractivity contribution in [3.8, 4) is 5.75 Å². The highest BCUT2D eigenvalue weighted by Gasteiger charge is 2.16. The van der Waals surface area contributed by atoms with Gasteiger partial charge in [0.05, 0.1) is 23.2 Å². The van der Waals surface area contributed by atoms with E-state index in [1.807, 2.05) is 43.3 Å². The van der Waals surface area contributed by atoms with Crippen LogP contribution in [0.15, 0.2) is 42.5 Å². The van der Waals surface area contributed by atoms with Crippen LogP contribution in [0.25, 0.3) is 0 Å². The van der Waals surface area contributed by atoms with Crippen LogP contribution in [0.3, 0.4) is 0 Å². The normalized spacial score (nSPS) is 11.9. The van der Waals surface area contributed by atoms with Gasteiger partial charge in [0.2, 0.25) is 0 Å². The standard InChI is InChI=1S/C18H21Cl2N3O2/c1-23(2)17(12-5-4-6-14(9-12)25-3)11-21-18(24)22-13-7-8-15(19)16(20)10-13/h4-10,17H,11H2,1-3H3,(H2,21,22,24). The number of carbonyl (C=O) groups is 1. The lowest BCUT2D eigenvalue weighted by atomic mass is 10.1. The van der Waals surface area contributed by atoms with Crippen molar-refractivity contribution >= 4 is 34.9 Å². The molecule has 25 heavy (non-hydrogen) atoms. The number of halogens is 2. The molecule has 0 saturated carbocycles. The highest BCUT2D eigenvalue weighted by molar-refractivity contribution is 6.42. The molecule has 5 nitrogen and oxygen atoms in total. The molecule has 0 spiro atoms. The average molecular weight is 382 g/mol. The van der Waals surface area contributed by atoms with Gasteiger partial charge in [-0.1, -0.05) is 35.3 Å². The molecule has 2 amide bonds. The minimum absolute atomic E-state index is 0.00894. The Morgan fingerprint density at radius 2 is 1.92 bits per heavy atom. The first-order chi connectivity index (χ1) is 11.9. The molecule has 0 aliphatic heterocycles. The first-order valence-corrected chi connectivity index (χ1v) is 8.46. The van der Waals surface area contributed by atoms with E-state index in [1.54, 1.807) is 25.3 Å². The van der Waals surface area contributed by atoms with Crippen LogP contribution >= 0.6 is 23.2 Å². The maximum atomic E-state index is 12.1. The summed E-state index contributed by atoms with van der Waals surface area (Å²) in [5.74, 6) is 0.782. The number of amides is 2. The van der Waals surface area contributed by atoms with E-state index < -0.39 is 0 Å². The number of methoxy groups -OCH3 is 1. The lowest BCUT2D eigenvalue weighted by Crippen LogP contribution is -2.36. The highest BCUT2D eigenvalue weighted by Crippen LogP contribution is 2.25. The molecule has 0 bridgehead atoms. The Kier molecular flexibility index (Phi) is 6.93. The van der Waals surface area contributed by atoms with Crippen LogP contribution in [0.4, 0.5) is 10.5 Å². The van der Waals surface area contributed by atoms with E-state index in [4.69, 9.17) is 27.9 Å². The molecule has 0 aliphatic rings. The minimum atomic E-state index is -0.312. The molecule has 0 saturated heterocycles. The summed E-state index contributed by atoms with van der Waals surface area (Å²) < 4.78 is 5.27. The highest BCUT2D eigenvalue weighted by atomic mass is 35.5. The molecular weight excluding hydrogens is 361 g/mol. The summed E-state index contributed by atoms with van der Waals surface area (Å²) in [6.45, 7) is 0.438. The summed E-state index contributed by atoms with van der Waals surface area (Å²) in [4.78, 5) is 14.2. The molecule has 1 atom stereocenters. The van der Waals surface area contributed by atoms with Crippen molar-refractivity contribution in [3.63, 3.8) is 0 Å². The lowest BCUT2D eigenvalue weighted by Gasteiger charge is -2.25. The van der Waals surface area contributed by atoms with Crippen molar-refractivity contribution in [1.29, 1.82) is 0 Å². The van der Waals surface area contributed by atoms with E-state index in [0.717, 1.165) is 11.3 Å². The third kappa shape index (κ3) is 5.53. The molecular formula is C18H21Cl2N3O2. The van der Waals surface area contributed by atoms with Gasteiger partial charge in [-0.25, -0.2) is 4.79 Å². The average Bonchev–Trinajstić information content (AvgIpc) is 2.58. The topological polar surface area (TPSA) is 53.6 Å². The summed E-state index contributed by atoms with van der Waals surface area (Å²) in [6, 6.07) is 12.4. The van der Waals surface area contributed by atoms with E-state index >= 15 is 0 Å². The minimum Gasteiger partial charge on any atom is -0.497 e. The van der Waals surface area contributed by atoms with Gasteiger partial charge in [0, 0.05) is 12.2 Å². The molecule has 0 aliphatic carbocycles. The molecule has 0 radical (unpaired) electrons. The van der Waals surface area contributed by atoms with Crippen molar-refractivity contribution in [2.24, 2.45) is 0 Å². The smallest absolute Gasteiger partial charge is 0.319 e. The molecule has 0 aromatic heterocycles. The van der Waals surface area contributed by atoms with Crippen molar-refractivity contribution < 1.29 is 9.53 Å². The number of rotatable bonds is 6. The number of hydrogen-bond donors (Lipinski definition) is 2. The van der Waals surface area contributed by atoms with E-state index in [0.29, 0.717) is 22.3 Å². The predicted molar refractivity (Wildman–Crippen MR) is 103 cm³/mol. The maximum Gasteiger partial charge on any atom is 0.319 e. The van der Waals surface area contributed by atoms with E-state index in [2.05, 4.69) is 10.6 Å². The number of benzene rings is 2. The van der Waals surface area contributed by atoms with E-state index in [-0.39, 0.29) is 12.1 Å². The second-order valence-electron chi connectivity index (χ2n) is 5.72. The van der Waals surface area contributed by atoms with E-state index in [1.165, 1.54) is 0 Å². The fourth-order valence-electron chi connectivity index (χ4n) is 2.39. The number of anilines is 1. The Morgan fingerprint density at radius 3 is 2.56 bits per heavy atom. The predicted octanol–water partition coefficient (Wildman–Crippen LogP) is 4.43. The van der Waals surface area contributed by atoms with Crippen LogP contribution in [0.1, 0.15) is 11.6 Å². The summed E-state index contributed by atoms with van der Waals surface area (Å²) in [5.41, 5.74) is 1.63. The van der Waals surface area contributed by atoms with Gasteiger partial charge in [0.15, 0.2) is 0 Å². The van der Waals surface area contributed by atoms with Crippen LogP contribution in [-0.2, 0) is 0 Å². The Bertz CT molecular complexity index is 738. The Balaban J connectivity index is 2.00. The molecule has 1 unspecified atom stereocenters. The first-order valence-electron chi connectivity index (χ1n) is 7.71. The Hall–Kier alpha value is -1.95. The van der Waals surface area contributed by atoms with Gasteiger partial charge in [-0.05, 0) is 50.0 Å². The van der Waals surface area contributed by atoms with Gasteiger partial charge < -0.3 is 20.3 Å². The molecule has 134 valence electrons. The van der Waals surface area contributed by atoms with Crippen molar-refractivity contribution in [2.75, 3.05) is 33.1 Å². The van der Waals surface area contributed by atoms with Gasteiger partial charge >= 0.3 is 6.03 Å². The van der Waals surface area contributed by atoms with Crippen LogP contribution in [0, 0.1) is 0 Å². The molecule has 0 fully saturated rings. The van der Waals surface area contributed by atoms with Gasteiger partial charge in [-0.15, -0.1) is 0 Å². The molecule has 7 heteroatoms. The zero-order chi connectivity index (χ0) is 18.4. The summed E-state index contributed by atoms with van der Waals surface area (Å²) in [5, 5.41) is 6.45. The van der Waals surface area contributed by atoms with Crippen LogP contribution in [0.2, 0.25) is 10.0 Å². The van der Waals surface area contributed by atoms with Crippen molar-refractivity contribution in [3.05, 3.63) is 58.1 Å². The zero-order valence-corrected chi connectivity index (χ0v) is 15.9. The summed E-state index contributed by atoms with van der Waals surface area (Å²) in [6.07, 6.45) is 0. The van der Waals surface area contributed by atoms with Crippen LogP contribution < -0.4 is 15.4 Å². The largest absolute Gasteiger partial charge is 0.497 e. The molecule has 2 aromatic carbocycles. The number of nitrogens with zero attached hydrogens (tertiary/aromatic N) is 1. The molecule has 2 aromatic rings.